The maximum absolute atomic E-state index is 11.6. The van der Waals surface area contributed by atoms with Gasteiger partial charge in [-0.1, -0.05) is 25.0 Å². The minimum absolute atomic E-state index is 0.337. The summed E-state index contributed by atoms with van der Waals surface area (Å²) in [7, 11) is 1.54. The molecule has 2 heterocycles. The lowest BCUT2D eigenvalue weighted by atomic mass is 10.1. The summed E-state index contributed by atoms with van der Waals surface area (Å²) < 4.78 is 7.26. The Morgan fingerprint density at radius 2 is 2.20 bits per heavy atom. The Morgan fingerprint density at radius 3 is 2.92 bits per heavy atom. The second-order valence-corrected chi connectivity index (χ2v) is 6.72. The molecular formula is C18H27N5O2. The number of aromatic nitrogens is 3. The SMILES string of the molecule is CCCN1CCCCCC1Cn1nnc2cc(C(N)=O)c(OC)cc21. The Morgan fingerprint density at radius 1 is 1.36 bits per heavy atom. The standard InChI is InChI=1S/C18H27N5O2/c1-3-8-22-9-6-4-5-7-13(22)12-23-16-11-17(25-2)14(18(19)24)10-15(16)20-21-23/h10-11,13H,3-9,12H2,1-2H3,(H2,19,24). The number of hydrogen-bond donors (Lipinski definition) is 1. The molecule has 1 atom stereocenters. The second kappa shape index (κ2) is 7.82. The molecule has 7 heteroatoms. The third-order valence-corrected chi connectivity index (χ3v) is 4.99. The van der Waals surface area contributed by atoms with Crippen LogP contribution in [0.2, 0.25) is 0 Å². The van der Waals surface area contributed by atoms with Crippen LogP contribution in [-0.2, 0) is 6.54 Å². The monoisotopic (exact) mass is 345 g/mol. The van der Waals surface area contributed by atoms with Gasteiger partial charge in [-0.2, -0.15) is 0 Å². The van der Waals surface area contributed by atoms with Gasteiger partial charge in [0.05, 0.1) is 24.7 Å². The van der Waals surface area contributed by atoms with Crippen molar-refractivity contribution in [2.45, 2.75) is 51.6 Å². The number of hydrogen-bond acceptors (Lipinski definition) is 5. The highest BCUT2D eigenvalue weighted by Gasteiger charge is 2.22. The number of rotatable bonds is 6. The van der Waals surface area contributed by atoms with Gasteiger partial charge >= 0.3 is 0 Å². The summed E-state index contributed by atoms with van der Waals surface area (Å²) in [6.45, 7) is 5.30. The van der Waals surface area contributed by atoms with Gasteiger partial charge in [-0.05, 0) is 38.4 Å². The summed E-state index contributed by atoms with van der Waals surface area (Å²) in [5.41, 5.74) is 7.31. The fraction of sp³-hybridized carbons (Fsp3) is 0.611. The molecule has 0 saturated carbocycles. The Balaban J connectivity index is 1.91. The Bertz CT molecular complexity index is 742. The van der Waals surface area contributed by atoms with Crippen LogP contribution in [0, 0.1) is 0 Å². The number of amides is 1. The van der Waals surface area contributed by atoms with E-state index in [0.717, 1.165) is 31.6 Å². The van der Waals surface area contributed by atoms with Crippen molar-refractivity contribution in [2.75, 3.05) is 20.2 Å². The first-order valence-electron chi connectivity index (χ1n) is 9.09. The molecule has 2 N–H and O–H groups in total. The van der Waals surface area contributed by atoms with Gasteiger partial charge in [0.1, 0.15) is 11.3 Å². The lowest BCUT2D eigenvalue weighted by Gasteiger charge is -2.29. The Labute approximate surface area is 148 Å². The van der Waals surface area contributed by atoms with E-state index < -0.39 is 5.91 Å². The van der Waals surface area contributed by atoms with Crippen LogP contribution in [0.3, 0.4) is 0 Å². The number of nitrogens with zero attached hydrogens (tertiary/aromatic N) is 4. The lowest BCUT2D eigenvalue weighted by Crippen LogP contribution is -2.38. The van der Waals surface area contributed by atoms with Gasteiger partial charge < -0.3 is 10.5 Å². The lowest BCUT2D eigenvalue weighted by molar-refractivity contribution is 0.0997. The fourth-order valence-electron chi connectivity index (χ4n) is 3.72. The van der Waals surface area contributed by atoms with Crippen molar-refractivity contribution in [2.24, 2.45) is 5.73 Å². The minimum atomic E-state index is -0.522. The van der Waals surface area contributed by atoms with Crippen molar-refractivity contribution in [1.29, 1.82) is 0 Å². The molecule has 25 heavy (non-hydrogen) atoms. The average Bonchev–Trinajstić information content (AvgIpc) is 2.86. The minimum Gasteiger partial charge on any atom is -0.496 e. The number of likely N-dealkylation sites (tertiary alicyclic amines) is 1. The number of nitrogens with two attached hydrogens (primary N) is 1. The molecule has 3 rings (SSSR count). The van der Waals surface area contributed by atoms with Gasteiger partial charge in [-0.3, -0.25) is 9.69 Å². The molecule has 0 spiro atoms. The normalized spacial score (nSPS) is 19.0. The highest BCUT2D eigenvalue weighted by atomic mass is 16.5. The third-order valence-electron chi connectivity index (χ3n) is 4.99. The molecule has 7 nitrogen and oxygen atoms in total. The van der Waals surface area contributed by atoms with Crippen LogP contribution in [-0.4, -0.2) is 52.0 Å². The average molecular weight is 345 g/mol. The van der Waals surface area contributed by atoms with Crippen molar-refractivity contribution in [3.05, 3.63) is 17.7 Å². The molecule has 2 aromatic rings. The first kappa shape index (κ1) is 17.7. The molecule has 1 amide bonds. The van der Waals surface area contributed by atoms with Gasteiger partial charge in [0.15, 0.2) is 0 Å². The molecule has 1 fully saturated rings. The van der Waals surface area contributed by atoms with Crippen molar-refractivity contribution in [3.8, 4) is 5.75 Å². The van der Waals surface area contributed by atoms with Crippen molar-refractivity contribution in [3.63, 3.8) is 0 Å². The molecule has 1 aliphatic heterocycles. The summed E-state index contributed by atoms with van der Waals surface area (Å²) in [4.78, 5) is 14.2. The van der Waals surface area contributed by atoms with Gasteiger partial charge in [0.2, 0.25) is 0 Å². The quantitative estimate of drug-likeness (QED) is 0.867. The van der Waals surface area contributed by atoms with E-state index in [0.29, 0.717) is 22.9 Å². The molecule has 136 valence electrons. The predicted molar refractivity (Wildman–Crippen MR) is 96.7 cm³/mol. The van der Waals surface area contributed by atoms with Crippen LogP contribution < -0.4 is 10.5 Å². The van der Waals surface area contributed by atoms with E-state index >= 15 is 0 Å². The van der Waals surface area contributed by atoms with Gasteiger partial charge in [0, 0.05) is 12.1 Å². The highest BCUT2D eigenvalue weighted by Crippen LogP contribution is 2.26. The third kappa shape index (κ3) is 3.76. The number of primary amides is 1. The summed E-state index contributed by atoms with van der Waals surface area (Å²) in [5.74, 6) is -0.0546. The van der Waals surface area contributed by atoms with Crippen molar-refractivity contribution >= 4 is 16.9 Å². The zero-order valence-corrected chi connectivity index (χ0v) is 15.1. The molecular weight excluding hydrogens is 318 g/mol. The molecule has 1 aliphatic rings. The maximum atomic E-state index is 11.6. The van der Waals surface area contributed by atoms with E-state index in [9.17, 15) is 4.79 Å². The number of methoxy groups -OCH3 is 1. The second-order valence-electron chi connectivity index (χ2n) is 6.72. The van der Waals surface area contributed by atoms with Gasteiger partial charge in [-0.25, -0.2) is 4.68 Å². The van der Waals surface area contributed by atoms with Crippen LogP contribution in [0.1, 0.15) is 49.4 Å². The van der Waals surface area contributed by atoms with Crippen LogP contribution in [0.15, 0.2) is 12.1 Å². The molecule has 0 aliphatic carbocycles. The summed E-state index contributed by atoms with van der Waals surface area (Å²) in [6, 6.07) is 3.95. The van der Waals surface area contributed by atoms with Crippen LogP contribution in [0.25, 0.3) is 11.0 Å². The molecule has 1 aromatic carbocycles. The first-order valence-corrected chi connectivity index (χ1v) is 9.09. The van der Waals surface area contributed by atoms with E-state index in [4.69, 9.17) is 10.5 Å². The zero-order chi connectivity index (χ0) is 17.8. The van der Waals surface area contributed by atoms with Gasteiger partial charge in [-0.15, -0.1) is 5.10 Å². The van der Waals surface area contributed by atoms with Crippen LogP contribution in [0.4, 0.5) is 0 Å². The summed E-state index contributed by atoms with van der Waals surface area (Å²) in [5, 5.41) is 8.55. The topological polar surface area (TPSA) is 86.3 Å². The zero-order valence-electron chi connectivity index (χ0n) is 15.1. The van der Waals surface area contributed by atoms with Gasteiger partial charge in [0.25, 0.3) is 5.91 Å². The van der Waals surface area contributed by atoms with E-state index in [1.807, 2.05) is 10.7 Å². The number of fused-ring (bicyclic) bond motifs is 1. The first-order chi connectivity index (χ1) is 12.1. The summed E-state index contributed by atoms with van der Waals surface area (Å²) in [6.07, 6.45) is 6.16. The smallest absolute Gasteiger partial charge is 0.252 e. The number of carbonyl (C=O) groups excluding carboxylic acids is 1. The molecule has 0 radical (unpaired) electrons. The fourth-order valence-corrected chi connectivity index (χ4v) is 3.72. The Hall–Kier alpha value is -2.15. The van der Waals surface area contributed by atoms with E-state index in [1.165, 1.54) is 32.8 Å². The van der Waals surface area contributed by atoms with Crippen molar-refractivity contribution in [1.82, 2.24) is 19.9 Å². The summed E-state index contributed by atoms with van der Waals surface area (Å²) >= 11 is 0. The number of ether oxygens (including phenoxy) is 1. The van der Waals surface area contributed by atoms with E-state index in [-0.39, 0.29) is 0 Å². The largest absolute Gasteiger partial charge is 0.496 e. The Kier molecular flexibility index (Phi) is 5.53. The highest BCUT2D eigenvalue weighted by molar-refractivity contribution is 5.99. The number of benzene rings is 1. The van der Waals surface area contributed by atoms with E-state index in [1.54, 1.807) is 6.07 Å². The molecule has 1 aromatic heterocycles. The van der Waals surface area contributed by atoms with Crippen LogP contribution in [0.5, 0.6) is 5.75 Å². The molecule has 1 saturated heterocycles. The van der Waals surface area contributed by atoms with Crippen LogP contribution >= 0.6 is 0 Å². The number of carbonyl (C=O) groups is 1. The predicted octanol–water partition coefficient (Wildman–Crippen LogP) is 2.19. The van der Waals surface area contributed by atoms with Crippen molar-refractivity contribution < 1.29 is 9.53 Å². The van der Waals surface area contributed by atoms with E-state index in [2.05, 4.69) is 22.1 Å². The molecule has 0 bridgehead atoms. The molecule has 1 unspecified atom stereocenters. The maximum Gasteiger partial charge on any atom is 0.252 e.